The molecule has 2 saturated heterocycles. The van der Waals surface area contributed by atoms with Gasteiger partial charge in [0, 0.05) is 29.5 Å². The molecule has 0 amide bonds. The minimum Gasteiger partial charge on any atom is -0.478 e. The molecule has 1 spiro atoms. The molecule has 4 nitrogen and oxygen atoms in total. The predicted octanol–water partition coefficient (Wildman–Crippen LogP) is 3.51. The van der Waals surface area contributed by atoms with Gasteiger partial charge in [0.25, 0.3) is 0 Å². The number of aliphatic carboxylic acids is 1. The van der Waals surface area contributed by atoms with Crippen LogP contribution >= 0.6 is 0 Å². The van der Waals surface area contributed by atoms with Crippen molar-refractivity contribution in [2.24, 2.45) is 23.7 Å². The van der Waals surface area contributed by atoms with E-state index in [-0.39, 0.29) is 17.1 Å². The highest BCUT2D eigenvalue weighted by atomic mass is 16.5. The minimum absolute atomic E-state index is 0.0824. The van der Waals surface area contributed by atoms with Gasteiger partial charge in [-0.15, -0.1) is 0 Å². The summed E-state index contributed by atoms with van der Waals surface area (Å²) in [5, 5.41) is 13.8. The minimum atomic E-state index is -0.710. The lowest BCUT2D eigenvalue weighted by Gasteiger charge is -2.60. The van der Waals surface area contributed by atoms with Crippen LogP contribution in [0.4, 0.5) is 0 Å². The van der Waals surface area contributed by atoms with Gasteiger partial charge in [0.2, 0.25) is 0 Å². The van der Waals surface area contributed by atoms with Crippen LogP contribution in [0.25, 0.3) is 0 Å². The van der Waals surface area contributed by atoms with Gasteiger partial charge in [-0.3, -0.25) is 0 Å². The Bertz CT molecular complexity index is 631. The van der Waals surface area contributed by atoms with Crippen molar-refractivity contribution in [2.75, 3.05) is 0 Å². The van der Waals surface area contributed by atoms with Crippen molar-refractivity contribution in [3.8, 4) is 0 Å². The average Bonchev–Trinajstić information content (AvgIpc) is 2.83. The van der Waals surface area contributed by atoms with Gasteiger partial charge in [-0.1, -0.05) is 19.3 Å². The number of ether oxygens (including phenoxy) is 1. The first-order valence-electron chi connectivity index (χ1n) is 10.4. The normalized spacial score (nSPS) is 54.1. The maximum atomic E-state index is 12.1. The van der Waals surface area contributed by atoms with Crippen molar-refractivity contribution in [1.82, 2.24) is 5.32 Å². The van der Waals surface area contributed by atoms with E-state index in [9.17, 15) is 9.90 Å². The van der Waals surface area contributed by atoms with Gasteiger partial charge in [-0.2, -0.15) is 0 Å². The van der Waals surface area contributed by atoms with Gasteiger partial charge in [-0.25, -0.2) is 4.79 Å². The number of carbonyl (C=O) groups is 1. The first-order valence-corrected chi connectivity index (χ1v) is 10.4. The standard InChI is InChI=1S/C21H31NO3/c1-12-6-5-8-17(22-12)16-10-13-15-7-3-4-9-21(15)11-14(19(23)24)18(13)20(16,2)25-21/h11-13,15-18,22H,3-10H2,1-2H3,(H,23,24)/t12-,13?,15?,16?,17-,18?,20?,21?/m1/s1. The van der Waals surface area contributed by atoms with Crippen LogP contribution in [0.5, 0.6) is 0 Å². The molecule has 2 N–H and O–H groups in total. The predicted molar refractivity (Wildman–Crippen MR) is 95.2 cm³/mol. The maximum absolute atomic E-state index is 12.1. The molecule has 6 aliphatic rings. The summed E-state index contributed by atoms with van der Waals surface area (Å²) >= 11 is 0. The first kappa shape index (κ1) is 16.3. The van der Waals surface area contributed by atoms with Gasteiger partial charge in [0.1, 0.15) is 0 Å². The van der Waals surface area contributed by atoms with Crippen LogP contribution in [0.2, 0.25) is 0 Å². The zero-order valence-corrected chi connectivity index (χ0v) is 15.5. The molecule has 3 aliphatic heterocycles. The second-order valence-electron chi connectivity index (χ2n) is 9.59. The fourth-order valence-electron chi connectivity index (χ4n) is 7.52. The molecular formula is C21H31NO3. The summed E-state index contributed by atoms with van der Waals surface area (Å²) in [6.45, 7) is 4.52. The van der Waals surface area contributed by atoms with Crippen molar-refractivity contribution in [1.29, 1.82) is 0 Å². The van der Waals surface area contributed by atoms with E-state index in [2.05, 4.69) is 19.2 Å². The van der Waals surface area contributed by atoms with Crippen LogP contribution in [-0.2, 0) is 9.53 Å². The van der Waals surface area contributed by atoms with E-state index in [0.29, 0.717) is 35.4 Å². The number of piperidine rings is 1. The third-order valence-electron chi connectivity index (χ3n) is 8.31. The van der Waals surface area contributed by atoms with Gasteiger partial charge < -0.3 is 15.2 Å². The van der Waals surface area contributed by atoms with E-state index in [1.807, 2.05) is 6.08 Å². The Kier molecular flexibility index (Phi) is 3.47. The molecule has 4 heteroatoms. The molecule has 0 aromatic heterocycles. The van der Waals surface area contributed by atoms with Crippen LogP contribution in [0.15, 0.2) is 11.6 Å². The quantitative estimate of drug-likeness (QED) is 0.804. The van der Waals surface area contributed by atoms with Crippen LogP contribution in [0, 0.1) is 23.7 Å². The molecule has 2 saturated carbocycles. The highest BCUT2D eigenvalue weighted by Crippen LogP contribution is 2.68. The van der Waals surface area contributed by atoms with Crippen LogP contribution in [0.1, 0.15) is 65.2 Å². The number of carboxylic acid groups (broad SMARTS) is 1. The van der Waals surface area contributed by atoms with Gasteiger partial charge >= 0.3 is 5.97 Å². The van der Waals surface area contributed by atoms with E-state index in [1.165, 1.54) is 32.1 Å². The second-order valence-corrected chi connectivity index (χ2v) is 9.59. The van der Waals surface area contributed by atoms with Crippen molar-refractivity contribution in [2.45, 2.75) is 88.5 Å². The Morgan fingerprint density at radius 3 is 2.84 bits per heavy atom. The highest BCUT2D eigenvalue weighted by Gasteiger charge is 2.70. The summed E-state index contributed by atoms with van der Waals surface area (Å²) < 4.78 is 6.96. The fraction of sp³-hybridized carbons (Fsp3) is 0.857. The van der Waals surface area contributed by atoms with E-state index >= 15 is 0 Å². The lowest BCUT2D eigenvalue weighted by molar-refractivity contribution is -0.241. The zero-order valence-electron chi connectivity index (χ0n) is 15.5. The Morgan fingerprint density at radius 1 is 1.24 bits per heavy atom. The number of hydrogen-bond acceptors (Lipinski definition) is 3. The molecule has 4 bridgehead atoms. The van der Waals surface area contributed by atoms with E-state index in [1.54, 1.807) is 0 Å². The fourth-order valence-corrected chi connectivity index (χ4v) is 7.52. The van der Waals surface area contributed by atoms with E-state index in [0.717, 1.165) is 19.3 Å². The van der Waals surface area contributed by atoms with E-state index < -0.39 is 5.97 Å². The molecular weight excluding hydrogens is 314 g/mol. The Morgan fingerprint density at radius 2 is 2.08 bits per heavy atom. The Hall–Kier alpha value is -0.870. The number of rotatable bonds is 2. The van der Waals surface area contributed by atoms with Gasteiger partial charge in [0.05, 0.1) is 11.2 Å². The molecule has 4 fully saturated rings. The third-order valence-corrected chi connectivity index (χ3v) is 8.31. The molecule has 0 aromatic rings. The summed E-state index contributed by atoms with van der Waals surface area (Å²) in [7, 11) is 0. The number of hydrogen-bond donors (Lipinski definition) is 2. The Balaban J connectivity index is 1.57. The van der Waals surface area contributed by atoms with E-state index in [4.69, 9.17) is 4.74 Å². The van der Waals surface area contributed by atoms with Crippen molar-refractivity contribution in [3.63, 3.8) is 0 Å². The monoisotopic (exact) mass is 345 g/mol. The smallest absolute Gasteiger partial charge is 0.331 e. The molecule has 25 heavy (non-hydrogen) atoms. The molecule has 0 radical (unpaired) electrons. The molecule has 3 aliphatic carbocycles. The third kappa shape index (κ3) is 2.10. The van der Waals surface area contributed by atoms with Crippen molar-refractivity contribution >= 4 is 5.97 Å². The average molecular weight is 345 g/mol. The highest BCUT2D eigenvalue weighted by molar-refractivity contribution is 5.88. The zero-order chi connectivity index (χ0) is 17.4. The molecule has 8 atom stereocenters. The topological polar surface area (TPSA) is 58.6 Å². The summed E-state index contributed by atoms with van der Waals surface area (Å²) in [4.78, 5) is 12.1. The second kappa shape index (κ2) is 5.32. The van der Waals surface area contributed by atoms with Gasteiger partial charge in [-0.05, 0) is 63.9 Å². The summed E-state index contributed by atoms with van der Waals surface area (Å²) in [6, 6.07) is 1.04. The SMILES string of the molecule is C[C@@H]1CCC[C@H](C2CC3C4CCCCC45C=C(C(=O)O)C3C2(C)O5)N1. The summed E-state index contributed by atoms with van der Waals surface area (Å²) in [6.07, 6.45) is 11.6. The van der Waals surface area contributed by atoms with Crippen molar-refractivity contribution < 1.29 is 14.6 Å². The van der Waals surface area contributed by atoms with Crippen molar-refractivity contribution in [3.05, 3.63) is 11.6 Å². The molecule has 6 rings (SSSR count). The molecule has 3 heterocycles. The Labute approximate surface area is 150 Å². The maximum Gasteiger partial charge on any atom is 0.331 e. The van der Waals surface area contributed by atoms with Crippen LogP contribution < -0.4 is 5.32 Å². The lowest BCUT2D eigenvalue weighted by Crippen LogP contribution is -2.64. The lowest BCUT2D eigenvalue weighted by atomic mass is 9.56. The first-order chi connectivity index (χ1) is 11.9. The molecule has 138 valence electrons. The molecule has 6 unspecified atom stereocenters. The number of carboxylic acids is 1. The number of nitrogens with one attached hydrogen (secondary N) is 1. The van der Waals surface area contributed by atoms with Crippen LogP contribution in [0.3, 0.4) is 0 Å². The largest absolute Gasteiger partial charge is 0.478 e. The van der Waals surface area contributed by atoms with Crippen LogP contribution in [-0.4, -0.2) is 34.4 Å². The molecule has 0 aromatic carbocycles. The summed E-state index contributed by atoms with van der Waals surface area (Å²) in [5.41, 5.74) is 0.0634. The summed E-state index contributed by atoms with van der Waals surface area (Å²) in [5.74, 6) is 0.848. The van der Waals surface area contributed by atoms with Gasteiger partial charge in [0.15, 0.2) is 0 Å².